The average molecular weight is 245 g/mol. The maximum absolute atomic E-state index is 11.7. The molecular weight excluding hydrogens is 230 g/mol. The topological polar surface area (TPSA) is 67.0 Å². The first kappa shape index (κ1) is 12.2. The van der Waals surface area contributed by atoms with E-state index in [1.54, 1.807) is 13.3 Å². The number of benzene rings is 1. The molecule has 94 valence electrons. The van der Waals surface area contributed by atoms with Crippen molar-refractivity contribution in [1.82, 2.24) is 15.5 Å². The number of ether oxygens (including phenoxy) is 1. The van der Waals surface area contributed by atoms with Crippen LogP contribution < -0.4 is 10.1 Å². The number of hydrogen-bond donors (Lipinski definition) is 2. The second-order valence-electron chi connectivity index (χ2n) is 3.89. The van der Waals surface area contributed by atoms with Crippen LogP contribution in [0.5, 0.6) is 5.75 Å². The number of nitrogens with one attached hydrogen (secondary N) is 2. The molecule has 0 spiro atoms. The number of aromatic nitrogens is 2. The first-order valence-corrected chi connectivity index (χ1v) is 5.66. The number of nitrogens with zero attached hydrogens (tertiary/aromatic N) is 1. The molecule has 0 saturated carbocycles. The van der Waals surface area contributed by atoms with Crippen LogP contribution in [0, 0.1) is 0 Å². The molecule has 1 amide bonds. The summed E-state index contributed by atoms with van der Waals surface area (Å²) in [5.41, 5.74) is 1.81. The monoisotopic (exact) mass is 245 g/mol. The lowest BCUT2D eigenvalue weighted by Crippen LogP contribution is -2.24. The Balaban J connectivity index is 1.86. The van der Waals surface area contributed by atoms with Gasteiger partial charge in [-0.05, 0) is 23.8 Å². The van der Waals surface area contributed by atoms with Gasteiger partial charge in [0.15, 0.2) is 0 Å². The fraction of sp³-hybridized carbons (Fsp3) is 0.231. The van der Waals surface area contributed by atoms with Crippen molar-refractivity contribution in [2.45, 2.75) is 13.0 Å². The van der Waals surface area contributed by atoms with Gasteiger partial charge in [-0.1, -0.05) is 12.1 Å². The molecule has 1 heterocycles. The molecule has 0 radical (unpaired) electrons. The fourth-order valence-electron chi connectivity index (χ4n) is 1.61. The molecule has 0 aliphatic heterocycles. The normalized spacial score (nSPS) is 10.1. The Morgan fingerprint density at radius 1 is 1.44 bits per heavy atom. The minimum absolute atomic E-state index is 0.0298. The summed E-state index contributed by atoms with van der Waals surface area (Å²) in [6.45, 7) is 0.461. The molecule has 0 aliphatic carbocycles. The van der Waals surface area contributed by atoms with E-state index in [1.165, 1.54) is 0 Å². The molecule has 5 nitrogen and oxygen atoms in total. The van der Waals surface area contributed by atoms with Crippen LogP contribution in [-0.4, -0.2) is 23.2 Å². The van der Waals surface area contributed by atoms with E-state index in [4.69, 9.17) is 4.74 Å². The van der Waals surface area contributed by atoms with E-state index in [0.717, 1.165) is 17.0 Å². The summed E-state index contributed by atoms with van der Waals surface area (Å²) in [6, 6.07) is 9.31. The maximum atomic E-state index is 11.7. The van der Waals surface area contributed by atoms with E-state index >= 15 is 0 Å². The van der Waals surface area contributed by atoms with Gasteiger partial charge in [0, 0.05) is 6.20 Å². The van der Waals surface area contributed by atoms with E-state index in [-0.39, 0.29) is 5.91 Å². The molecule has 0 saturated heterocycles. The fourth-order valence-corrected chi connectivity index (χ4v) is 1.61. The van der Waals surface area contributed by atoms with E-state index < -0.39 is 0 Å². The molecule has 1 aromatic carbocycles. The van der Waals surface area contributed by atoms with Gasteiger partial charge in [-0.2, -0.15) is 5.10 Å². The summed E-state index contributed by atoms with van der Waals surface area (Å²) in [5.74, 6) is 0.728. The summed E-state index contributed by atoms with van der Waals surface area (Å²) in [7, 11) is 1.61. The zero-order valence-electron chi connectivity index (χ0n) is 10.1. The van der Waals surface area contributed by atoms with E-state index in [1.807, 2.05) is 30.3 Å². The predicted octanol–water partition coefficient (Wildman–Crippen LogP) is 1.28. The molecule has 2 N–H and O–H groups in total. The summed E-state index contributed by atoms with van der Waals surface area (Å²) in [6.07, 6.45) is 1.99. The van der Waals surface area contributed by atoms with Crippen LogP contribution >= 0.6 is 0 Å². The quantitative estimate of drug-likeness (QED) is 0.833. The van der Waals surface area contributed by atoms with Gasteiger partial charge in [0.25, 0.3) is 0 Å². The molecular formula is C13H15N3O2. The van der Waals surface area contributed by atoms with Crippen LogP contribution in [0.3, 0.4) is 0 Å². The summed E-state index contributed by atoms with van der Waals surface area (Å²) < 4.78 is 5.11. The largest absolute Gasteiger partial charge is 0.497 e. The standard InChI is InChI=1S/C13H15N3O2/c1-18-12-4-2-3-10(7-12)8-13(17)14-9-11-5-6-15-16-11/h2-7H,8-9H2,1H3,(H,14,17)(H,15,16). The van der Waals surface area contributed by atoms with Crippen molar-refractivity contribution in [3.8, 4) is 5.75 Å². The van der Waals surface area contributed by atoms with Crippen molar-refractivity contribution in [1.29, 1.82) is 0 Å². The van der Waals surface area contributed by atoms with E-state index in [0.29, 0.717) is 13.0 Å². The van der Waals surface area contributed by atoms with Crippen LogP contribution in [0.25, 0.3) is 0 Å². The molecule has 2 aromatic rings. The van der Waals surface area contributed by atoms with Crippen molar-refractivity contribution in [3.05, 3.63) is 47.8 Å². The zero-order chi connectivity index (χ0) is 12.8. The molecule has 18 heavy (non-hydrogen) atoms. The number of methoxy groups -OCH3 is 1. The predicted molar refractivity (Wildman–Crippen MR) is 67.1 cm³/mol. The summed E-state index contributed by atoms with van der Waals surface area (Å²) in [5, 5.41) is 9.42. The Bertz CT molecular complexity index is 509. The van der Waals surface area contributed by atoms with Gasteiger partial charge in [0.05, 0.1) is 25.8 Å². The number of rotatable bonds is 5. The van der Waals surface area contributed by atoms with Crippen molar-refractivity contribution in [2.75, 3.05) is 7.11 Å². The Morgan fingerprint density at radius 2 is 2.33 bits per heavy atom. The first-order chi connectivity index (χ1) is 8.78. The second kappa shape index (κ2) is 5.86. The highest BCUT2D eigenvalue weighted by atomic mass is 16.5. The van der Waals surface area contributed by atoms with Crippen molar-refractivity contribution < 1.29 is 9.53 Å². The van der Waals surface area contributed by atoms with E-state index in [2.05, 4.69) is 15.5 Å². The van der Waals surface area contributed by atoms with Gasteiger partial charge < -0.3 is 10.1 Å². The maximum Gasteiger partial charge on any atom is 0.224 e. The molecule has 1 aromatic heterocycles. The Kier molecular flexibility index (Phi) is 3.96. The third-order valence-electron chi connectivity index (χ3n) is 2.53. The highest BCUT2D eigenvalue weighted by Crippen LogP contribution is 2.12. The van der Waals surface area contributed by atoms with Crippen LogP contribution in [-0.2, 0) is 17.8 Å². The van der Waals surface area contributed by atoms with Crippen LogP contribution in [0.2, 0.25) is 0 Å². The van der Waals surface area contributed by atoms with Gasteiger partial charge in [-0.3, -0.25) is 9.89 Å². The van der Waals surface area contributed by atoms with Gasteiger partial charge in [0.1, 0.15) is 5.75 Å². The Labute approximate surface area is 105 Å². The van der Waals surface area contributed by atoms with Crippen molar-refractivity contribution >= 4 is 5.91 Å². The average Bonchev–Trinajstić information content (AvgIpc) is 2.90. The smallest absolute Gasteiger partial charge is 0.224 e. The minimum atomic E-state index is -0.0298. The highest BCUT2D eigenvalue weighted by molar-refractivity contribution is 5.78. The highest BCUT2D eigenvalue weighted by Gasteiger charge is 2.04. The van der Waals surface area contributed by atoms with Gasteiger partial charge in [0.2, 0.25) is 5.91 Å². The van der Waals surface area contributed by atoms with Crippen LogP contribution in [0.1, 0.15) is 11.3 Å². The molecule has 0 bridgehead atoms. The lowest BCUT2D eigenvalue weighted by molar-refractivity contribution is -0.120. The third kappa shape index (κ3) is 3.35. The molecule has 5 heteroatoms. The van der Waals surface area contributed by atoms with Crippen LogP contribution in [0.15, 0.2) is 36.5 Å². The second-order valence-corrected chi connectivity index (χ2v) is 3.89. The Morgan fingerprint density at radius 3 is 3.06 bits per heavy atom. The SMILES string of the molecule is COc1cccc(CC(=O)NCc2ccn[nH]2)c1. The summed E-state index contributed by atoms with van der Waals surface area (Å²) in [4.78, 5) is 11.7. The van der Waals surface area contributed by atoms with Crippen molar-refractivity contribution in [3.63, 3.8) is 0 Å². The lowest BCUT2D eigenvalue weighted by atomic mass is 10.1. The zero-order valence-corrected chi connectivity index (χ0v) is 10.1. The number of carbonyl (C=O) groups is 1. The van der Waals surface area contributed by atoms with E-state index in [9.17, 15) is 4.79 Å². The number of amides is 1. The number of hydrogen-bond acceptors (Lipinski definition) is 3. The number of H-pyrrole nitrogens is 1. The van der Waals surface area contributed by atoms with Crippen LogP contribution in [0.4, 0.5) is 0 Å². The molecule has 0 atom stereocenters. The number of carbonyl (C=O) groups excluding carboxylic acids is 1. The number of aromatic amines is 1. The molecule has 0 fully saturated rings. The first-order valence-electron chi connectivity index (χ1n) is 5.66. The molecule has 2 rings (SSSR count). The van der Waals surface area contributed by atoms with Gasteiger partial charge in [-0.15, -0.1) is 0 Å². The molecule has 0 aliphatic rings. The lowest BCUT2D eigenvalue weighted by Gasteiger charge is -2.05. The third-order valence-corrected chi connectivity index (χ3v) is 2.53. The summed E-state index contributed by atoms with van der Waals surface area (Å²) >= 11 is 0. The minimum Gasteiger partial charge on any atom is -0.497 e. The van der Waals surface area contributed by atoms with Crippen molar-refractivity contribution in [2.24, 2.45) is 0 Å². The Hall–Kier alpha value is -2.30. The van der Waals surface area contributed by atoms with Gasteiger partial charge >= 0.3 is 0 Å². The van der Waals surface area contributed by atoms with Gasteiger partial charge in [-0.25, -0.2) is 0 Å². The molecule has 0 unspecified atom stereocenters.